The van der Waals surface area contributed by atoms with Gasteiger partial charge >= 0.3 is 5.97 Å². The molecule has 3 aliphatic rings. The average Bonchev–Trinajstić information content (AvgIpc) is 2.37. The van der Waals surface area contributed by atoms with E-state index in [9.17, 15) is 4.79 Å². The molecule has 12 heavy (non-hydrogen) atoms. The van der Waals surface area contributed by atoms with E-state index >= 15 is 0 Å². The van der Waals surface area contributed by atoms with E-state index in [-0.39, 0.29) is 23.6 Å². The Morgan fingerprint density at radius 3 is 3.08 bits per heavy atom. The number of rotatable bonds is 0. The first-order valence-electron chi connectivity index (χ1n) is 4.59. The van der Waals surface area contributed by atoms with Gasteiger partial charge < -0.3 is 9.47 Å². The zero-order chi connectivity index (χ0) is 8.34. The topological polar surface area (TPSA) is 35.5 Å². The molecule has 0 aromatic carbocycles. The Kier molecular flexibility index (Phi) is 1.06. The predicted octanol–water partition coefficient (Wildman–Crippen LogP) is 0.727. The van der Waals surface area contributed by atoms with Crippen LogP contribution in [0.15, 0.2) is 0 Å². The fraction of sp³-hybridized carbons (Fsp3) is 0.889. The van der Waals surface area contributed by atoms with Crippen LogP contribution in [0.2, 0.25) is 0 Å². The number of hydrogen-bond acceptors (Lipinski definition) is 3. The van der Waals surface area contributed by atoms with Crippen LogP contribution >= 0.6 is 0 Å². The van der Waals surface area contributed by atoms with Gasteiger partial charge in [-0.15, -0.1) is 0 Å². The van der Waals surface area contributed by atoms with Crippen LogP contribution < -0.4 is 0 Å². The molecule has 0 N–H and O–H groups in total. The molecule has 0 aromatic heterocycles. The van der Waals surface area contributed by atoms with Crippen LogP contribution in [0.4, 0.5) is 0 Å². The molecular formula is C9H12O3. The Bertz CT molecular complexity index is 250. The van der Waals surface area contributed by atoms with E-state index in [4.69, 9.17) is 9.47 Å². The highest BCUT2D eigenvalue weighted by atomic mass is 16.6. The van der Waals surface area contributed by atoms with Crippen LogP contribution in [-0.2, 0) is 14.3 Å². The van der Waals surface area contributed by atoms with Crippen molar-refractivity contribution in [2.24, 2.45) is 11.8 Å². The predicted molar refractivity (Wildman–Crippen MR) is 40.5 cm³/mol. The summed E-state index contributed by atoms with van der Waals surface area (Å²) in [5.74, 6) is 0.601. The van der Waals surface area contributed by atoms with Crippen molar-refractivity contribution in [3.8, 4) is 0 Å². The highest BCUT2D eigenvalue weighted by Gasteiger charge is 2.70. The lowest BCUT2D eigenvalue weighted by atomic mass is 9.60. The molecular weight excluding hydrogens is 156 g/mol. The fourth-order valence-corrected chi connectivity index (χ4v) is 3.08. The third-order valence-electron chi connectivity index (χ3n) is 3.73. The molecule has 66 valence electrons. The van der Waals surface area contributed by atoms with Crippen LogP contribution in [0.5, 0.6) is 0 Å². The first-order valence-corrected chi connectivity index (χ1v) is 4.59. The standard InChI is InChI=1S/C9H12O3/c1-5-9-6(2-3-11-9)4-7(9)8(10)12-5/h5-7H,2-4H2,1H3/t5-,6-,7+,9-/m0/s1. The summed E-state index contributed by atoms with van der Waals surface area (Å²) in [6.45, 7) is 2.76. The third-order valence-corrected chi connectivity index (χ3v) is 3.73. The third kappa shape index (κ3) is 0.505. The molecule has 2 heterocycles. The maximum absolute atomic E-state index is 11.3. The maximum atomic E-state index is 11.3. The summed E-state index contributed by atoms with van der Waals surface area (Å²) in [6.07, 6.45) is 2.08. The highest BCUT2D eigenvalue weighted by Crippen LogP contribution is 2.59. The van der Waals surface area contributed by atoms with Crippen LogP contribution in [-0.4, -0.2) is 24.3 Å². The summed E-state index contributed by atoms with van der Waals surface area (Å²) in [7, 11) is 0. The molecule has 1 saturated carbocycles. The zero-order valence-electron chi connectivity index (χ0n) is 7.08. The molecule has 3 fully saturated rings. The molecule has 2 saturated heterocycles. The van der Waals surface area contributed by atoms with Crippen LogP contribution in [0.25, 0.3) is 0 Å². The summed E-state index contributed by atoms with van der Waals surface area (Å²) in [5.41, 5.74) is -0.197. The number of cyclic esters (lactones) is 1. The van der Waals surface area contributed by atoms with E-state index in [1.54, 1.807) is 0 Å². The number of hydrogen-bond donors (Lipinski definition) is 0. The van der Waals surface area contributed by atoms with Crippen molar-refractivity contribution < 1.29 is 14.3 Å². The van der Waals surface area contributed by atoms with Crippen LogP contribution in [0.1, 0.15) is 19.8 Å². The Labute approximate surface area is 71.0 Å². The highest BCUT2D eigenvalue weighted by molar-refractivity contribution is 5.79. The molecule has 0 aromatic rings. The molecule has 3 nitrogen and oxygen atoms in total. The Balaban J connectivity index is 2.01. The lowest BCUT2D eigenvalue weighted by Gasteiger charge is -2.45. The SMILES string of the molecule is C[C@@H]1OC(=O)[C@H]2C[C@@H]3CCO[C@]312. The summed E-state index contributed by atoms with van der Waals surface area (Å²) in [4.78, 5) is 11.3. The molecule has 3 rings (SSSR count). The number of esters is 1. The van der Waals surface area contributed by atoms with Gasteiger partial charge in [0.25, 0.3) is 0 Å². The van der Waals surface area contributed by atoms with Crippen molar-refractivity contribution in [2.75, 3.05) is 6.61 Å². The first kappa shape index (κ1) is 6.89. The van der Waals surface area contributed by atoms with Crippen molar-refractivity contribution in [1.29, 1.82) is 0 Å². The van der Waals surface area contributed by atoms with Gasteiger partial charge in [0, 0.05) is 6.61 Å². The molecule has 2 aliphatic heterocycles. The number of carbonyl (C=O) groups excluding carboxylic acids is 1. The molecule has 0 amide bonds. The Hall–Kier alpha value is -0.570. The second-order valence-electron chi connectivity index (χ2n) is 4.06. The smallest absolute Gasteiger partial charge is 0.312 e. The first-order chi connectivity index (χ1) is 5.75. The minimum Gasteiger partial charge on any atom is -0.459 e. The largest absolute Gasteiger partial charge is 0.459 e. The van der Waals surface area contributed by atoms with E-state index in [1.807, 2.05) is 6.92 Å². The molecule has 0 radical (unpaired) electrons. The Morgan fingerprint density at radius 2 is 2.42 bits per heavy atom. The normalized spacial score (nSPS) is 55.8. The van der Waals surface area contributed by atoms with E-state index in [0.29, 0.717) is 5.92 Å². The van der Waals surface area contributed by atoms with Gasteiger partial charge in [-0.3, -0.25) is 4.79 Å². The fourth-order valence-electron chi connectivity index (χ4n) is 3.08. The summed E-state index contributed by atoms with van der Waals surface area (Å²) < 4.78 is 10.9. The van der Waals surface area contributed by atoms with Crippen molar-refractivity contribution in [3.63, 3.8) is 0 Å². The minimum absolute atomic E-state index is 0.0174. The zero-order valence-corrected chi connectivity index (χ0v) is 7.08. The van der Waals surface area contributed by atoms with Crippen molar-refractivity contribution in [1.82, 2.24) is 0 Å². The van der Waals surface area contributed by atoms with Gasteiger partial charge in [-0.05, 0) is 25.7 Å². The average molecular weight is 168 g/mol. The minimum atomic E-state index is -0.197. The molecule has 1 aliphatic carbocycles. The monoisotopic (exact) mass is 168 g/mol. The molecule has 0 bridgehead atoms. The lowest BCUT2D eigenvalue weighted by molar-refractivity contribution is -0.147. The van der Waals surface area contributed by atoms with Gasteiger partial charge in [0.1, 0.15) is 11.7 Å². The molecule has 0 unspecified atom stereocenters. The summed E-state index contributed by atoms with van der Waals surface area (Å²) in [5, 5.41) is 0. The molecule has 4 atom stereocenters. The number of ether oxygens (including phenoxy) is 2. The van der Waals surface area contributed by atoms with Crippen molar-refractivity contribution in [3.05, 3.63) is 0 Å². The second-order valence-corrected chi connectivity index (χ2v) is 4.06. The van der Waals surface area contributed by atoms with Crippen LogP contribution in [0, 0.1) is 11.8 Å². The van der Waals surface area contributed by atoms with E-state index in [0.717, 1.165) is 19.4 Å². The van der Waals surface area contributed by atoms with E-state index in [2.05, 4.69) is 0 Å². The van der Waals surface area contributed by atoms with E-state index < -0.39 is 0 Å². The van der Waals surface area contributed by atoms with Gasteiger partial charge in [-0.25, -0.2) is 0 Å². The van der Waals surface area contributed by atoms with Crippen molar-refractivity contribution in [2.45, 2.75) is 31.5 Å². The van der Waals surface area contributed by atoms with Gasteiger partial charge in [0.2, 0.25) is 0 Å². The van der Waals surface area contributed by atoms with Gasteiger partial charge in [-0.1, -0.05) is 0 Å². The molecule has 1 spiro atoms. The lowest BCUT2D eigenvalue weighted by Crippen LogP contribution is -2.56. The van der Waals surface area contributed by atoms with E-state index in [1.165, 1.54) is 0 Å². The van der Waals surface area contributed by atoms with Crippen molar-refractivity contribution >= 4 is 5.97 Å². The maximum Gasteiger partial charge on any atom is 0.312 e. The van der Waals surface area contributed by atoms with Gasteiger partial charge in [0.15, 0.2) is 0 Å². The summed E-state index contributed by atoms with van der Waals surface area (Å²) >= 11 is 0. The molecule has 3 heteroatoms. The second kappa shape index (κ2) is 1.84. The van der Waals surface area contributed by atoms with Crippen LogP contribution in [0.3, 0.4) is 0 Å². The van der Waals surface area contributed by atoms with Gasteiger partial charge in [-0.2, -0.15) is 0 Å². The van der Waals surface area contributed by atoms with Gasteiger partial charge in [0.05, 0.1) is 5.92 Å². The Morgan fingerprint density at radius 1 is 1.58 bits per heavy atom. The quantitative estimate of drug-likeness (QED) is 0.500. The summed E-state index contributed by atoms with van der Waals surface area (Å²) in [6, 6.07) is 0. The number of carbonyl (C=O) groups is 1.